The minimum absolute atomic E-state index is 0.770. The van der Waals surface area contributed by atoms with E-state index in [9.17, 15) is 0 Å². The summed E-state index contributed by atoms with van der Waals surface area (Å²) in [6.45, 7) is 3.40. The van der Waals surface area contributed by atoms with Crippen molar-refractivity contribution in [1.29, 1.82) is 0 Å². The molecule has 0 atom stereocenters. The van der Waals surface area contributed by atoms with E-state index in [1.807, 2.05) is 11.8 Å². The van der Waals surface area contributed by atoms with Crippen LogP contribution in [0, 0.1) is 6.92 Å². The third kappa shape index (κ3) is 5.14. The van der Waals surface area contributed by atoms with Gasteiger partial charge in [-0.25, -0.2) is 0 Å². The van der Waals surface area contributed by atoms with E-state index in [0.717, 1.165) is 12.0 Å². The molecule has 20 heavy (non-hydrogen) atoms. The number of thioether (sulfide) groups is 1. The van der Waals surface area contributed by atoms with Crippen LogP contribution in [-0.4, -0.2) is 24.6 Å². The molecule has 0 unspecified atom stereocenters. The number of hydrogen-bond donors (Lipinski definition) is 1. The van der Waals surface area contributed by atoms with Gasteiger partial charge in [0.25, 0.3) is 0 Å². The first kappa shape index (κ1) is 15.9. The van der Waals surface area contributed by atoms with E-state index in [2.05, 4.69) is 42.8 Å². The Kier molecular flexibility index (Phi) is 6.95. The van der Waals surface area contributed by atoms with Gasteiger partial charge in [0, 0.05) is 6.04 Å². The fraction of sp³-hybridized carbons (Fsp3) is 0.667. The number of benzene rings is 1. The lowest BCUT2D eigenvalue weighted by atomic mass is 9.75. The molecule has 0 amide bonds. The molecule has 1 nitrogen and oxygen atoms in total. The van der Waals surface area contributed by atoms with Crippen molar-refractivity contribution in [2.45, 2.75) is 57.4 Å². The highest BCUT2D eigenvalue weighted by atomic mass is 32.2. The lowest BCUT2D eigenvalue weighted by Gasteiger charge is -2.36. The third-order valence-corrected chi connectivity index (χ3v) is 5.06. The quantitative estimate of drug-likeness (QED) is 0.659. The zero-order valence-corrected chi connectivity index (χ0v) is 13.8. The molecular formula is C18H29NS. The van der Waals surface area contributed by atoms with Crippen molar-refractivity contribution in [3.8, 4) is 0 Å². The van der Waals surface area contributed by atoms with Gasteiger partial charge in [-0.1, -0.05) is 42.7 Å². The Hall–Kier alpha value is -0.470. The lowest BCUT2D eigenvalue weighted by molar-refractivity contribution is 0.289. The van der Waals surface area contributed by atoms with Gasteiger partial charge in [0.15, 0.2) is 0 Å². The van der Waals surface area contributed by atoms with Crippen LogP contribution in [0.2, 0.25) is 0 Å². The first-order valence-electron chi connectivity index (χ1n) is 8.08. The SMILES string of the molecule is CSCCCCCCNC1CC(c2cccc(C)c2)C1. The lowest BCUT2D eigenvalue weighted by Crippen LogP contribution is -2.40. The van der Waals surface area contributed by atoms with Crippen LogP contribution in [0.15, 0.2) is 24.3 Å². The van der Waals surface area contributed by atoms with Crippen LogP contribution in [0.3, 0.4) is 0 Å². The molecule has 0 spiro atoms. The van der Waals surface area contributed by atoms with Crippen molar-refractivity contribution >= 4 is 11.8 Å². The van der Waals surface area contributed by atoms with Crippen LogP contribution in [0.1, 0.15) is 55.6 Å². The molecule has 0 aromatic heterocycles. The molecule has 1 aliphatic rings. The van der Waals surface area contributed by atoms with Gasteiger partial charge in [0.1, 0.15) is 0 Å². The number of rotatable bonds is 9. The average molecular weight is 292 g/mol. The van der Waals surface area contributed by atoms with Crippen LogP contribution >= 0.6 is 11.8 Å². The molecule has 1 aromatic rings. The zero-order valence-electron chi connectivity index (χ0n) is 13.0. The second-order valence-electron chi connectivity index (χ2n) is 6.14. The van der Waals surface area contributed by atoms with Crippen molar-refractivity contribution < 1.29 is 0 Å². The van der Waals surface area contributed by atoms with Crippen molar-refractivity contribution in [3.05, 3.63) is 35.4 Å². The summed E-state index contributed by atoms with van der Waals surface area (Å²) >= 11 is 1.97. The van der Waals surface area contributed by atoms with Crippen molar-refractivity contribution in [3.63, 3.8) is 0 Å². The van der Waals surface area contributed by atoms with E-state index in [-0.39, 0.29) is 0 Å². The molecule has 1 aliphatic carbocycles. The molecule has 2 heteroatoms. The molecule has 2 rings (SSSR count). The van der Waals surface area contributed by atoms with Gasteiger partial charge in [0.05, 0.1) is 0 Å². The number of aryl methyl sites for hydroxylation is 1. The summed E-state index contributed by atoms with van der Waals surface area (Å²) in [6.07, 6.45) is 10.4. The van der Waals surface area contributed by atoms with E-state index < -0.39 is 0 Å². The Balaban J connectivity index is 1.52. The van der Waals surface area contributed by atoms with Crippen LogP contribution < -0.4 is 5.32 Å². The molecule has 112 valence electrons. The average Bonchev–Trinajstić information content (AvgIpc) is 2.39. The molecule has 1 saturated carbocycles. The summed E-state index contributed by atoms with van der Waals surface area (Å²) < 4.78 is 0. The highest BCUT2D eigenvalue weighted by molar-refractivity contribution is 7.98. The van der Waals surface area contributed by atoms with Crippen LogP contribution in [0.4, 0.5) is 0 Å². The van der Waals surface area contributed by atoms with Gasteiger partial charge >= 0.3 is 0 Å². The van der Waals surface area contributed by atoms with E-state index >= 15 is 0 Å². The van der Waals surface area contributed by atoms with Crippen LogP contribution in [-0.2, 0) is 0 Å². The monoisotopic (exact) mass is 291 g/mol. The Morgan fingerprint density at radius 3 is 2.70 bits per heavy atom. The topological polar surface area (TPSA) is 12.0 Å². The fourth-order valence-corrected chi connectivity index (χ4v) is 3.50. The second-order valence-corrected chi connectivity index (χ2v) is 7.13. The molecule has 0 saturated heterocycles. The summed E-state index contributed by atoms with van der Waals surface area (Å²) in [5.74, 6) is 2.13. The van der Waals surface area contributed by atoms with E-state index in [1.165, 1.54) is 56.4 Å². The maximum absolute atomic E-state index is 3.72. The Labute approximate surface area is 128 Å². The normalized spacial score (nSPS) is 21.7. The van der Waals surface area contributed by atoms with Crippen molar-refractivity contribution in [1.82, 2.24) is 5.32 Å². The largest absolute Gasteiger partial charge is 0.314 e. The van der Waals surface area contributed by atoms with Gasteiger partial charge in [-0.2, -0.15) is 11.8 Å². The number of unbranched alkanes of at least 4 members (excludes halogenated alkanes) is 3. The standard InChI is InChI=1S/C18H29NS/c1-15-8-7-9-16(12-15)17-13-18(14-17)19-10-5-3-4-6-11-20-2/h7-9,12,17-19H,3-6,10-11,13-14H2,1-2H3. The Morgan fingerprint density at radius 2 is 1.95 bits per heavy atom. The zero-order chi connectivity index (χ0) is 14.2. The van der Waals surface area contributed by atoms with Crippen molar-refractivity contribution in [2.75, 3.05) is 18.6 Å². The van der Waals surface area contributed by atoms with Gasteiger partial charge in [-0.05, 0) is 62.6 Å². The Bertz CT molecular complexity index is 385. The predicted octanol–water partition coefficient (Wildman–Crippen LogP) is 4.75. The summed E-state index contributed by atoms with van der Waals surface area (Å²) in [4.78, 5) is 0. The van der Waals surface area contributed by atoms with Gasteiger partial charge in [-0.15, -0.1) is 0 Å². The highest BCUT2D eigenvalue weighted by Gasteiger charge is 2.29. The van der Waals surface area contributed by atoms with Gasteiger partial charge < -0.3 is 5.32 Å². The van der Waals surface area contributed by atoms with Crippen LogP contribution in [0.5, 0.6) is 0 Å². The minimum Gasteiger partial charge on any atom is -0.314 e. The van der Waals surface area contributed by atoms with E-state index in [4.69, 9.17) is 0 Å². The first-order valence-corrected chi connectivity index (χ1v) is 9.48. The summed E-state index contributed by atoms with van der Waals surface area (Å²) in [5, 5.41) is 3.72. The summed E-state index contributed by atoms with van der Waals surface area (Å²) in [7, 11) is 0. The second kappa shape index (κ2) is 8.74. The molecule has 0 aliphatic heterocycles. The molecule has 0 radical (unpaired) electrons. The predicted molar refractivity (Wildman–Crippen MR) is 91.8 cm³/mol. The first-order chi connectivity index (χ1) is 9.79. The van der Waals surface area contributed by atoms with E-state index in [1.54, 1.807) is 5.56 Å². The summed E-state index contributed by atoms with van der Waals surface area (Å²) in [5.41, 5.74) is 2.93. The minimum atomic E-state index is 0.770. The van der Waals surface area contributed by atoms with Gasteiger partial charge in [-0.3, -0.25) is 0 Å². The molecular weight excluding hydrogens is 262 g/mol. The van der Waals surface area contributed by atoms with E-state index in [0.29, 0.717) is 0 Å². The molecule has 0 bridgehead atoms. The van der Waals surface area contributed by atoms with Crippen LogP contribution in [0.25, 0.3) is 0 Å². The van der Waals surface area contributed by atoms with Crippen molar-refractivity contribution in [2.24, 2.45) is 0 Å². The third-order valence-electron chi connectivity index (χ3n) is 4.36. The maximum Gasteiger partial charge on any atom is 0.00787 e. The number of hydrogen-bond acceptors (Lipinski definition) is 2. The molecule has 0 heterocycles. The maximum atomic E-state index is 3.72. The Morgan fingerprint density at radius 1 is 1.15 bits per heavy atom. The smallest absolute Gasteiger partial charge is 0.00787 e. The highest BCUT2D eigenvalue weighted by Crippen LogP contribution is 2.37. The van der Waals surface area contributed by atoms with Gasteiger partial charge in [0.2, 0.25) is 0 Å². The number of nitrogens with one attached hydrogen (secondary N) is 1. The fourth-order valence-electron chi connectivity index (χ4n) is 3.01. The molecule has 1 N–H and O–H groups in total. The molecule has 1 fully saturated rings. The molecule has 1 aromatic carbocycles. The summed E-state index contributed by atoms with van der Waals surface area (Å²) in [6, 6.07) is 9.80.